The molecule has 8 aliphatic heterocycles. The van der Waals surface area contributed by atoms with Crippen LogP contribution in [0.3, 0.4) is 0 Å². The van der Waals surface area contributed by atoms with Gasteiger partial charge in [0.2, 0.25) is 23.6 Å². The van der Waals surface area contributed by atoms with Gasteiger partial charge in [0.25, 0.3) is 5.79 Å². The van der Waals surface area contributed by atoms with Gasteiger partial charge in [-0.3, -0.25) is 19.2 Å². The number of unbranched alkanes of at least 4 members (excludes halogenated alkanes) is 25. The number of carbonyl (C=O) groups excluding carboxylic acids is 4. The van der Waals surface area contributed by atoms with E-state index in [9.17, 15) is 147 Å². The zero-order chi connectivity index (χ0) is 104. The summed E-state index contributed by atoms with van der Waals surface area (Å²) in [5.41, 5.74) is 0. The van der Waals surface area contributed by atoms with Crippen LogP contribution in [0.25, 0.3) is 0 Å². The Labute approximate surface area is 825 Å². The number of carboxylic acids is 1. The number of carboxylic acid groups (broad SMARTS) is 1. The Hall–Kier alpha value is -4.47. The third kappa shape index (κ3) is 34.5. The molecule has 0 bridgehead atoms. The first-order valence-corrected chi connectivity index (χ1v) is 50.5. The van der Waals surface area contributed by atoms with Gasteiger partial charge in [0.1, 0.15) is 183 Å². The maximum Gasteiger partial charge on any atom is 0.364 e. The van der Waals surface area contributed by atoms with Gasteiger partial charge in [0.15, 0.2) is 44.0 Å². The van der Waals surface area contributed by atoms with E-state index in [0.717, 1.165) is 85.0 Å². The molecule has 28 N–H and O–H groups in total. The first-order valence-electron chi connectivity index (χ1n) is 50.5. The van der Waals surface area contributed by atoms with Gasteiger partial charge in [-0.2, -0.15) is 0 Å². The third-order valence-corrected chi connectivity index (χ3v) is 27.3. The monoisotopic (exact) mass is 2060 g/mol. The van der Waals surface area contributed by atoms with Gasteiger partial charge >= 0.3 is 5.97 Å². The Morgan fingerprint density at radius 3 is 1.24 bits per heavy atom. The maximum atomic E-state index is 13.7. The molecule has 49 heteroatoms. The van der Waals surface area contributed by atoms with Gasteiger partial charge in [0.05, 0.1) is 83.3 Å². The molecule has 142 heavy (non-hydrogen) atoms. The number of aliphatic carboxylic acids is 1. The summed E-state index contributed by atoms with van der Waals surface area (Å²) >= 11 is 0. The molecule has 0 saturated carbocycles. The van der Waals surface area contributed by atoms with Crippen molar-refractivity contribution in [1.29, 1.82) is 0 Å². The Morgan fingerprint density at radius 1 is 0.387 bits per heavy atom. The van der Waals surface area contributed by atoms with Crippen molar-refractivity contribution in [2.45, 2.75) is 491 Å². The molecule has 0 aliphatic carbocycles. The minimum Gasteiger partial charge on any atom is -0.477 e. The normalized spacial score (nSPS) is 38.8. The highest BCUT2D eigenvalue weighted by atomic mass is 16.8. The van der Waals surface area contributed by atoms with E-state index in [-0.39, 0.29) is 12.3 Å². The van der Waals surface area contributed by atoms with Crippen LogP contribution in [0.4, 0.5) is 0 Å². The number of carbonyl (C=O) groups is 5. The number of allylic oxidation sites excluding steroid dienone is 1. The van der Waals surface area contributed by atoms with Crippen LogP contribution in [-0.4, -0.2) is 468 Å². The number of aliphatic hydroxyl groups excluding tert-OH is 23. The SMILES string of the molecule is CCCCCCCCCCCCC/C=C/[C@@H](O)[C@H](CO[C@@H]1OC(CO)[C@@H](O[C@@H]2OC(CO)[C@H](O)[C@H](O[C@@H]3OC(CO)[C@@H](O[C@@H]4OC(CO)[C@H](O)[C@H](O[C@@H]5OC(CO)[C@@H](O[C@@H]6OC(CO[C@]7(C(=O)O)CC(O)[C@@H](NC(C)=O)C([C@H](O)[C@H](O)CO)O7)[C@H](O)[C@H](O)C6O)[C@H](O)C5NC(C)=O)C4O)[C@H](O[C@H]4OC(C)[C@@H](O)C(O)[C@@H]4O)C3NC(C)=O)C2O)[C@H](O)C1O)NC(=O)CCCCCCCCCCCCCCCCC. The van der Waals surface area contributed by atoms with Gasteiger partial charge in [-0.1, -0.05) is 180 Å². The van der Waals surface area contributed by atoms with Crippen LogP contribution in [0, 0.1) is 0 Å². The largest absolute Gasteiger partial charge is 0.477 e. The summed E-state index contributed by atoms with van der Waals surface area (Å²) in [5.74, 6) is -8.25. The molecule has 4 amide bonds. The summed E-state index contributed by atoms with van der Waals surface area (Å²) in [7, 11) is 0. The van der Waals surface area contributed by atoms with Crippen molar-refractivity contribution in [3.63, 3.8) is 0 Å². The molecule has 0 spiro atoms. The van der Waals surface area contributed by atoms with Crippen LogP contribution in [0.15, 0.2) is 12.2 Å². The lowest BCUT2D eigenvalue weighted by Crippen LogP contribution is -2.72. The second-order valence-electron chi connectivity index (χ2n) is 38.5. The molecule has 0 radical (unpaired) electrons. The molecule has 49 nitrogen and oxygen atoms in total. The molecule has 8 rings (SSSR count). The highest BCUT2D eigenvalue weighted by molar-refractivity contribution is 5.77. The minimum atomic E-state index is -3.06. The molecule has 43 atom stereocenters. The third-order valence-electron chi connectivity index (χ3n) is 27.3. The van der Waals surface area contributed by atoms with Crippen molar-refractivity contribution >= 4 is 29.6 Å². The van der Waals surface area contributed by atoms with Gasteiger partial charge in [-0.05, 0) is 26.2 Å². The summed E-state index contributed by atoms with van der Waals surface area (Å²) in [6, 6.07) is -6.81. The second kappa shape index (κ2) is 61.7. The summed E-state index contributed by atoms with van der Waals surface area (Å²) in [6.07, 6.45) is -46.4. The first-order chi connectivity index (χ1) is 67.8. The van der Waals surface area contributed by atoms with Crippen LogP contribution in [0.5, 0.6) is 0 Å². The zero-order valence-electron chi connectivity index (χ0n) is 81.9. The van der Waals surface area contributed by atoms with E-state index in [2.05, 4.69) is 35.1 Å². The summed E-state index contributed by atoms with van der Waals surface area (Å²) < 4.78 is 96.4. The molecule has 0 aromatic heterocycles. The van der Waals surface area contributed by atoms with Crippen LogP contribution < -0.4 is 21.3 Å². The molecule has 0 aromatic rings. The summed E-state index contributed by atoms with van der Waals surface area (Å²) in [4.78, 5) is 65.7. The number of nitrogens with one attached hydrogen (secondary N) is 4. The highest BCUT2D eigenvalue weighted by Gasteiger charge is 2.62. The first kappa shape index (κ1) is 123. The quantitative estimate of drug-likeness (QED) is 0.0199. The summed E-state index contributed by atoms with van der Waals surface area (Å²) in [5, 5.41) is 282. The predicted molar refractivity (Wildman–Crippen MR) is 486 cm³/mol. The zero-order valence-corrected chi connectivity index (χ0v) is 81.9. The molecular weight excluding hydrogens is 1890 g/mol. The number of aliphatic hydroxyl groups is 23. The number of hydrogen-bond donors (Lipinski definition) is 28. The van der Waals surface area contributed by atoms with E-state index >= 15 is 0 Å². The molecular formula is C93H164N4O45. The van der Waals surface area contributed by atoms with Crippen molar-refractivity contribution in [2.24, 2.45) is 0 Å². The van der Waals surface area contributed by atoms with Crippen molar-refractivity contribution < 1.29 is 222 Å². The number of ether oxygens (including phenoxy) is 16. The fourth-order valence-corrected chi connectivity index (χ4v) is 19.0. The van der Waals surface area contributed by atoms with Crippen LogP contribution >= 0.6 is 0 Å². The molecule has 8 saturated heterocycles. The number of hydrogen-bond acceptors (Lipinski definition) is 44. The van der Waals surface area contributed by atoms with E-state index in [0.29, 0.717) is 12.8 Å². The molecule has 8 aliphatic rings. The molecule has 8 fully saturated rings. The molecule has 8 heterocycles. The summed E-state index contributed by atoms with van der Waals surface area (Å²) in [6.45, 7) is -0.0844. The Kier molecular flexibility index (Phi) is 53.4. The average molecular weight is 2060 g/mol. The van der Waals surface area contributed by atoms with Crippen molar-refractivity contribution in [3.8, 4) is 0 Å². The highest BCUT2D eigenvalue weighted by Crippen LogP contribution is 2.42. The van der Waals surface area contributed by atoms with Crippen LogP contribution in [-0.2, 0) is 99.8 Å². The number of amides is 4. The maximum absolute atomic E-state index is 13.7. The smallest absolute Gasteiger partial charge is 0.364 e. The number of rotatable bonds is 61. The molecule has 0 aromatic carbocycles. The van der Waals surface area contributed by atoms with Gasteiger partial charge in [-0.15, -0.1) is 0 Å². The van der Waals surface area contributed by atoms with E-state index in [1.807, 2.05) is 6.08 Å². The van der Waals surface area contributed by atoms with E-state index in [1.54, 1.807) is 6.08 Å². The standard InChI is InChI=1S/C93H164N4O45/c1-7-9-11-13-15-17-19-21-22-24-26-28-30-32-34-36-60(110)97-50(51(107)35-33-31-29-27-25-23-20-18-16-14-12-10-8-2)44-127-87-75(122)72(119)79(57(42-102)134-87)137-90-76(123)84(68(115)54(39-99)130-90)141-86-63(96-49(6)106)82(139-88-73(120)70(117)64(111)46(3)129-88)80(58(43-103)133-86)138-91-77(124)83(67(114)55(40-100)131-91)140-85-62(95-48(5)105)69(116)78(56(41-101)132-85)136-89-74(121)71(118)66(113)59(135-89)45-128-93(92(125)126)37-52(108)61(94-47(4)104)81(142-93)65(112)53(109)38-98/h33,35,46,50-59,61-91,98-103,107-109,111-124H,7-32,34,36-45H2,1-6H3,(H,94,104)(H,95,105)(H,96,106)(H,97,110)(H,125,126)/b35-33+/t46?,50-,51+,52?,53+,54?,55?,56?,57?,58?,59?,61+,62?,63?,64+,65+,66-,67-,68-,69+,70?,71-,72+,73-,74?,75?,76?,77?,78+,79+,80+,81?,82+,83-,84-,85-,86-,87+,88+,89-,90-,91-,93+/m0/s1. The lowest BCUT2D eigenvalue weighted by atomic mass is 9.88. The Balaban J connectivity index is 0.978. The van der Waals surface area contributed by atoms with Gasteiger partial charge in [0, 0.05) is 33.6 Å². The predicted octanol–water partition coefficient (Wildman–Crippen LogP) is -6.40. The second-order valence-corrected chi connectivity index (χ2v) is 38.5. The fraction of sp³-hybridized carbons (Fsp3) is 0.925. The van der Waals surface area contributed by atoms with Crippen LogP contribution in [0.2, 0.25) is 0 Å². The van der Waals surface area contributed by atoms with Crippen molar-refractivity contribution in [1.82, 2.24) is 21.3 Å². The lowest BCUT2D eigenvalue weighted by molar-refractivity contribution is -0.397. The lowest BCUT2D eigenvalue weighted by Gasteiger charge is -2.52. The Morgan fingerprint density at radius 2 is 0.768 bits per heavy atom. The topological polar surface area (TPSA) is 767 Å². The minimum absolute atomic E-state index is 0.131. The van der Waals surface area contributed by atoms with Gasteiger partial charge < -0.3 is 220 Å². The van der Waals surface area contributed by atoms with Crippen LogP contribution in [0.1, 0.15) is 228 Å². The van der Waals surface area contributed by atoms with E-state index in [4.69, 9.17) is 75.8 Å². The fourth-order valence-electron chi connectivity index (χ4n) is 19.0. The van der Waals surface area contributed by atoms with E-state index < -0.39 is 346 Å². The van der Waals surface area contributed by atoms with Crippen molar-refractivity contribution in [2.75, 3.05) is 52.9 Å². The van der Waals surface area contributed by atoms with Crippen molar-refractivity contribution in [3.05, 3.63) is 12.2 Å². The Bertz CT molecular complexity index is 3620. The van der Waals surface area contributed by atoms with Gasteiger partial charge in [-0.25, -0.2) is 4.79 Å². The average Bonchev–Trinajstić information content (AvgIpc) is 0.766. The molecule has 16 unspecified atom stereocenters. The molecule has 826 valence electrons. The van der Waals surface area contributed by atoms with E-state index in [1.165, 1.54) is 103 Å².